The predicted octanol–water partition coefficient (Wildman–Crippen LogP) is 5.93. The number of benzene rings is 2. The molecule has 2 aromatic rings. The Labute approximate surface area is 177 Å². The highest BCUT2D eigenvalue weighted by atomic mass is 16.2. The van der Waals surface area contributed by atoms with Crippen molar-refractivity contribution in [3.8, 4) is 0 Å². The molecule has 0 saturated carbocycles. The summed E-state index contributed by atoms with van der Waals surface area (Å²) in [5.74, 6) is 1.01. The zero-order valence-electron chi connectivity index (χ0n) is 18.7. The van der Waals surface area contributed by atoms with E-state index < -0.39 is 0 Å². The van der Waals surface area contributed by atoms with Crippen molar-refractivity contribution in [1.82, 2.24) is 4.90 Å². The van der Waals surface area contributed by atoms with E-state index in [2.05, 4.69) is 47.4 Å². The van der Waals surface area contributed by atoms with Gasteiger partial charge >= 0.3 is 0 Å². The van der Waals surface area contributed by atoms with Gasteiger partial charge in [0, 0.05) is 18.8 Å². The zero-order chi connectivity index (χ0) is 21.1. The van der Waals surface area contributed by atoms with Crippen molar-refractivity contribution in [1.29, 1.82) is 0 Å². The van der Waals surface area contributed by atoms with Crippen molar-refractivity contribution >= 4 is 11.6 Å². The van der Waals surface area contributed by atoms with Crippen LogP contribution in [0.2, 0.25) is 0 Å². The van der Waals surface area contributed by atoms with Gasteiger partial charge in [0.2, 0.25) is 5.91 Å². The maximum absolute atomic E-state index is 12.3. The van der Waals surface area contributed by atoms with Crippen LogP contribution in [0.25, 0.3) is 0 Å². The first-order chi connectivity index (χ1) is 14.3. The van der Waals surface area contributed by atoms with Gasteiger partial charge in [-0.1, -0.05) is 76.2 Å². The highest BCUT2D eigenvalue weighted by Crippen LogP contribution is 2.30. The Morgan fingerprint density at radius 3 is 2.17 bits per heavy atom. The largest absolute Gasteiger partial charge is 0.312 e. The molecule has 4 rings (SSSR count). The Balaban J connectivity index is 0.000000707. The van der Waals surface area contributed by atoms with Crippen molar-refractivity contribution in [2.75, 3.05) is 24.5 Å². The lowest BCUT2D eigenvalue weighted by molar-refractivity contribution is -0.117. The summed E-state index contributed by atoms with van der Waals surface area (Å²) < 4.78 is 0. The van der Waals surface area contributed by atoms with Crippen molar-refractivity contribution in [2.24, 2.45) is 5.92 Å². The minimum atomic E-state index is 0.266. The molecule has 0 unspecified atom stereocenters. The van der Waals surface area contributed by atoms with E-state index in [1.807, 2.05) is 44.7 Å². The average molecular weight is 395 g/mol. The van der Waals surface area contributed by atoms with Crippen LogP contribution in [0, 0.1) is 5.92 Å². The zero-order valence-corrected chi connectivity index (χ0v) is 18.7. The van der Waals surface area contributed by atoms with Crippen molar-refractivity contribution in [2.45, 2.75) is 59.9 Å². The van der Waals surface area contributed by atoms with E-state index in [0.717, 1.165) is 31.1 Å². The van der Waals surface area contributed by atoms with E-state index in [4.69, 9.17) is 0 Å². The number of piperidine rings is 1. The number of likely N-dealkylation sites (tertiary alicyclic amines) is 1. The van der Waals surface area contributed by atoms with E-state index in [-0.39, 0.29) is 5.91 Å². The van der Waals surface area contributed by atoms with Crippen LogP contribution in [-0.2, 0) is 17.8 Å². The molecule has 3 heteroatoms. The van der Waals surface area contributed by atoms with E-state index in [1.54, 1.807) is 0 Å². The van der Waals surface area contributed by atoms with Gasteiger partial charge in [0.05, 0.1) is 6.42 Å². The van der Waals surface area contributed by atoms with E-state index in [9.17, 15) is 4.79 Å². The van der Waals surface area contributed by atoms with E-state index in [1.165, 1.54) is 37.1 Å². The van der Waals surface area contributed by atoms with Crippen LogP contribution in [0.1, 0.15) is 58.1 Å². The SMILES string of the molecule is CC.CC.O=C1Cc2ccccc2N1CCC1CCN(Cc2ccccc2)CC1. The first-order valence-corrected chi connectivity index (χ1v) is 11.4. The number of carbonyl (C=O) groups is 1. The summed E-state index contributed by atoms with van der Waals surface area (Å²) in [5, 5.41) is 0. The van der Waals surface area contributed by atoms with Crippen molar-refractivity contribution in [3.05, 3.63) is 65.7 Å². The summed E-state index contributed by atoms with van der Waals surface area (Å²) in [6.07, 6.45) is 4.19. The van der Waals surface area contributed by atoms with Gasteiger partial charge in [-0.25, -0.2) is 0 Å². The minimum absolute atomic E-state index is 0.266. The summed E-state index contributed by atoms with van der Waals surface area (Å²) in [6, 6.07) is 19.0. The van der Waals surface area contributed by atoms with Crippen LogP contribution in [0.5, 0.6) is 0 Å². The average Bonchev–Trinajstić information content (AvgIpc) is 3.12. The Kier molecular flexibility index (Phi) is 9.93. The standard InChI is InChI=1S/C22H26N2O.2C2H6/c25-22-16-20-8-4-5-9-21(20)24(22)15-12-18-10-13-23(14-11-18)17-19-6-2-1-3-7-19;2*1-2/h1-9,18H,10-17H2;2*1-2H3. The molecule has 0 N–H and O–H groups in total. The third-order valence-electron chi connectivity index (χ3n) is 5.64. The molecule has 1 fully saturated rings. The molecule has 2 aliphatic heterocycles. The fraction of sp³-hybridized carbons (Fsp3) is 0.500. The molecule has 0 atom stereocenters. The van der Waals surface area contributed by atoms with Crippen molar-refractivity contribution in [3.63, 3.8) is 0 Å². The van der Waals surface area contributed by atoms with Crippen LogP contribution >= 0.6 is 0 Å². The first kappa shape index (κ1) is 23.2. The lowest BCUT2D eigenvalue weighted by atomic mass is 9.93. The van der Waals surface area contributed by atoms with Gasteiger partial charge in [-0.15, -0.1) is 0 Å². The molecular formula is C26H38N2O. The second kappa shape index (κ2) is 12.4. The Morgan fingerprint density at radius 1 is 0.862 bits per heavy atom. The Morgan fingerprint density at radius 2 is 1.48 bits per heavy atom. The number of hydrogen-bond acceptors (Lipinski definition) is 2. The molecule has 0 aromatic heterocycles. The van der Waals surface area contributed by atoms with Gasteiger partial charge in [-0.3, -0.25) is 9.69 Å². The molecule has 0 bridgehead atoms. The highest BCUT2D eigenvalue weighted by Gasteiger charge is 2.27. The monoisotopic (exact) mass is 394 g/mol. The molecule has 2 aromatic carbocycles. The molecule has 3 nitrogen and oxygen atoms in total. The van der Waals surface area contributed by atoms with Gasteiger partial charge in [0.15, 0.2) is 0 Å². The molecule has 158 valence electrons. The predicted molar refractivity (Wildman–Crippen MR) is 124 cm³/mol. The van der Waals surface area contributed by atoms with Crippen molar-refractivity contribution < 1.29 is 4.79 Å². The van der Waals surface area contributed by atoms with Crippen LogP contribution in [0.3, 0.4) is 0 Å². The second-order valence-electron chi connectivity index (χ2n) is 7.34. The number of hydrogen-bond donors (Lipinski definition) is 0. The van der Waals surface area contributed by atoms with Gasteiger partial charge in [0.25, 0.3) is 0 Å². The summed E-state index contributed by atoms with van der Waals surface area (Å²) in [5.41, 5.74) is 3.72. The third-order valence-corrected chi connectivity index (χ3v) is 5.64. The number of para-hydroxylation sites is 1. The van der Waals surface area contributed by atoms with Crippen LogP contribution in [0.15, 0.2) is 54.6 Å². The van der Waals surface area contributed by atoms with Gasteiger partial charge in [-0.05, 0) is 55.5 Å². The van der Waals surface area contributed by atoms with Gasteiger partial charge < -0.3 is 4.90 Å². The molecule has 1 amide bonds. The Bertz CT molecular complexity index is 720. The molecule has 29 heavy (non-hydrogen) atoms. The third kappa shape index (κ3) is 6.43. The molecule has 0 aliphatic carbocycles. The molecule has 0 radical (unpaired) electrons. The van der Waals surface area contributed by atoms with Gasteiger partial charge in [0.1, 0.15) is 0 Å². The van der Waals surface area contributed by atoms with E-state index in [0.29, 0.717) is 6.42 Å². The number of rotatable bonds is 5. The lowest BCUT2D eigenvalue weighted by Gasteiger charge is -2.32. The fourth-order valence-electron chi connectivity index (χ4n) is 4.15. The van der Waals surface area contributed by atoms with Crippen LogP contribution < -0.4 is 4.90 Å². The molecule has 2 aliphatic rings. The smallest absolute Gasteiger partial charge is 0.231 e. The Hall–Kier alpha value is -2.13. The number of amides is 1. The maximum Gasteiger partial charge on any atom is 0.231 e. The van der Waals surface area contributed by atoms with Crippen LogP contribution in [0.4, 0.5) is 5.69 Å². The lowest BCUT2D eigenvalue weighted by Crippen LogP contribution is -2.35. The maximum atomic E-state index is 12.3. The number of nitrogens with zero attached hydrogens (tertiary/aromatic N) is 2. The molecule has 1 saturated heterocycles. The summed E-state index contributed by atoms with van der Waals surface area (Å²) in [6.45, 7) is 12.3. The molecule has 2 heterocycles. The molecule has 0 spiro atoms. The number of carbonyl (C=O) groups excluding carboxylic acids is 1. The summed E-state index contributed by atoms with van der Waals surface area (Å²) >= 11 is 0. The first-order valence-electron chi connectivity index (χ1n) is 11.4. The van der Waals surface area contributed by atoms with E-state index >= 15 is 0 Å². The summed E-state index contributed by atoms with van der Waals surface area (Å²) in [7, 11) is 0. The number of anilines is 1. The number of fused-ring (bicyclic) bond motifs is 1. The molecular weight excluding hydrogens is 356 g/mol. The fourth-order valence-corrected chi connectivity index (χ4v) is 4.15. The normalized spacial score (nSPS) is 16.4. The topological polar surface area (TPSA) is 23.6 Å². The van der Waals surface area contributed by atoms with Crippen LogP contribution in [-0.4, -0.2) is 30.4 Å². The second-order valence-corrected chi connectivity index (χ2v) is 7.34. The summed E-state index contributed by atoms with van der Waals surface area (Å²) in [4.78, 5) is 16.8. The highest BCUT2D eigenvalue weighted by molar-refractivity contribution is 6.01. The van der Waals surface area contributed by atoms with Gasteiger partial charge in [-0.2, -0.15) is 0 Å². The minimum Gasteiger partial charge on any atom is -0.312 e. The quantitative estimate of drug-likeness (QED) is 0.627.